The SMILES string of the molecule is Cc1cc(C(F)F)nc(N2CCN(S(=O)(=O)c3ccc(N4CCCC4=O)cc3)CC2)n1. The molecule has 1 amide bonds. The third kappa shape index (κ3) is 4.38. The Kier molecular flexibility index (Phi) is 5.89. The number of amides is 1. The number of rotatable bonds is 5. The molecule has 0 radical (unpaired) electrons. The van der Waals surface area contributed by atoms with E-state index in [1.165, 1.54) is 22.5 Å². The van der Waals surface area contributed by atoms with Gasteiger partial charge in [0.1, 0.15) is 5.69 Å². The summed E-state index contributed by atoms with van der Waals surface area (Å²) < 4.78 is 53.5. The van der Waals surface area contributed by atoms with Gasteiger partial charge in [-0.3, -0.25) is 4.79 Å². The predicted molar refractivity (Wildman–Crippen MR) is 111 cm³/mol. The Hall–Kier alpha value is -2.66. The zero-order valence-electron chi connectivity index (χ0n) is 17.0. The normalized spacial score (nSPS) is 18.3. The summed E-state index contributed by atoms with van der Waals surface area (Å²) in [6.07, 6.45) is -1.39. The third-order valence-corrected chi connectivity index (χ3v) is 7.38. The molecule has 11 heteroatoms. The number of piperazine rings is 1. The molecular formula is C20H23F2N5O3S. The van der Waals surface area contributed by atoms with Crippen LogP contribution in [0.15, 0.2) is 35.2 Å². The van der Waals surface area contributed by atoms with Crippen LogP contribution < -0.4 is 9.80 Å². The Morgan fingerprint density at radius 1 is 1.00 bits per heavy atom. The van der Waals surface area contributed by atoms with Gasteiger partial charge in [0, 0.05) is 50.5 Å². The first-order valence-corrected chi connectivity index (χ1v) is 11.5. The molecule has 2 saturated heterocycles. The lowest BCUT2D eigenvalue weighted by atomic mass is 10.3. The van der Waals surface area contributed by atoms with Crippen molar-refractivity contribution in [1.29, 1.82) is 0 Å². The van der Waals surface area contributed by atoms with E-state index in [0.717, 1.165) is 6.42 Å². The smallest absolute Gasteiger partial charge is 0.280 e. The molecule has 0 saturated carbocycles. The average Bonchev–Trinajstić information content (AvgIpc) is 3.19. The Balaban J connectivity index is 1.45. The maximum atomic E-state index is 13.0. The molecule has 0 bridgehead atoms. The molecule has 2 aliphatic heterocycles. The Bertz CT molecular complexity index is 1070. The van der Waals surface area contributed by atoms with Gasteiger partial charge in [0.25, 0.3) is 6.43 Å². The van der Waals surface area contributed by atoms with Crippen LogP contribution in [-0.2, 0) is 14.8 Å². The average molecular weight is 451 g/mol. The fourth-order valence-corrected chi connectivity index (χ4v) is 5.25. The first-order valence-electron chi connectivity index (χ1n) is 10.0. The largest absolute Gasteiger partial charge is 0.338 e. The lowest BCUT2D eigenvalue weighted by Gasteiger charge is -2.34. The monoisotopic (exact) mass is 451 g/mol. The van der Waals surface area contributed by atoms with Crippen molar-refractivity contribution in [3.05, 3.63) is 41.7 Å². The second-order valence-electron chi connectivity index (χ2n) is 7.57. The van der Waals surface area contributed by atoms with Gasteiger partial charge in [-0.2, -0.15) is 4.31 Å². The summed E-state index contributed by atoms with van der Waals surface area (Å²) in [6.45, 7) is 3.24. The van der Waals surface area contributed by atoms with Crippen molar-refractivity contribution < 1.29 is 22.0 Å². The Morgan fingerprint density at radius 3 is 2.26 bits per heavy atom. The molecule has 2 fully saturated rings. The van der Waals surface area contributed by atoms with Crippen LogP contribution >= 0.6 is 0 Å². The quantitative estimate of drug-likeness (QED) is 0.694. The fraction of sp³-hybridized carbons (Fsp3) is 0.450. The molecular weight excluding hydrogens is 428 g/mol. The van der Waals surface area contributed by atoms with Gasteiger partial charge in [0.05, 0.1) is 4.90 Å². The maximum absolute atomic E-state index is 13.0. The number of alkyl halides is 2. The summed E-state index contributed by atoms with van der Waals surface area (Å²) in [6, 6.07) is 7.58. The van der Waals surface area contributed by atoms with Crippen molar-refractivity contribution >= 4 is 27.6 Å². The zero-order chi connectivity index (χ0) is 22.2. The summed E-state index contributed by atoms with van der Waals surface area (Å²) in [5.41, 5.74) is 0.791. The van der Waals surface area contributed by atoms with E-state index in [9.17, 15) is 22.0 Å². The summed E-state index contributed by atoms with van der Waals surface area (Å²) >= 11 is 0. The first-order chi connectivity index (χ1) is 14.8. The number of hydrogen-bond donors (Lipinski definition) is 0. The molecule has 166 valence electrons. The lowest BCUT2D eigenvalue weighted by Crippen LogP contribution is -2.49. The van der Waals surface area contributed by atoms with Gasteiger partial charge in [-0.05, 0) is 43.7 Å². The zero-order valence-corrected chi connectivity index (χ0v) is 17.9. The van der Waals surface area contributed by atoms with Crippen molar-refractivity contribution in [2.75, 3.05) is 42.5 Å². The van der Waals surface area contributed by atoms with Gasteiger partial charge in [0.2, 0.25) is 21.9 Å². The van der Waals surface area contributed by atoms with Gasteiger partial charge in [-0.25, -0.2) is 27.2 Å². The molecule has 0 N–H and O–H groups in total. The van der Waals surface area contributed by atoms with E-state index in [2.05, 4.69) is 9.97 Å². The van der Waals surface area contributed by atoms with Crippen LogP contribution in [0.25, 0.3) is 0 Å². The second-order valence-corrected chi connectivity index (χ2v) is 9.51. The van der Waals surface area contributed by atoms with Crippen LogP contribution in [0.4, 0.5) is 20.4 Å². The Labute approximate surface area is 179 Å². The van der Waals surface area contributed by atoms with Gasteiger partial charge < -0.3 is 9.80 Å². The number of benzene rings is 1. The highest BCUT2D eigenvalue weighted by atomic mass is 32.2. The number of anilines is 2. The van der Waals surface area contributed by atoms with Gasteiger partial charge in [-0.1, -0.05) is 0 Å². The summed E-state index contributed by atoms with van der Waals surface area (Å²) in [4.78, 5) is 23.5. The Morgan fingerprint density at radius 2 is 1.68 bits per heavy atom. The number of carbonyl (C=O) groups is 1. The highest BCUT2D eigenvalue weighted by Gasteiger charge is 2.30. The van der Waals surface area contributed by atoms with E-state index >= 15 is 0 Å². The van der Waals surface area contributed by atoms with E-state index in [1.54, 1.807) is 28.9 Å². The molecule has 2 aliphatic rings. The van der Waals surface area contributed by atoms with E-state index in [-0.39, 0.29) is 35.5 Å². The van der Waals surface area contributed by atoms with E-state index in [0.29, 0.717) is 37.4 Å². The fourth-order valence-electron chi connectivity index (χ4n) is 3.83. The van der Waals surface area contributed by atoms with Crippen molar-refractivity contribution in [1.82, 2.24) is 14.3 Å². The minimum absolute atomic E-state index is 0.0418. The number of sulfonamides is 1. The third-order valence-electron chi connectivity index (χ3n) is 5.47. The molecule has 31 heavy (non-hydrogen) atoms. The maximum Gasteiger partial charge on any atom is 0.280 e. The number of nitrogens with zero attached hydrogens (tertiary/aromatic N) is 5. The van der Waals surface area contributed by atoms with Crippen LogP contribution in [-0.4, -0.2) is 61.3 Å². The standard InChI is InChI=1S/C20H23F2N5O3S/c1-14-13-17(19(21)22)24-20(23-14)25-9-11-26(12-10-25)31(29,30)16-6-4-15(5-7-16)27-8-2-3-18(27)28/h4-7,13,19H,2-3,8-12H2,1H3. The van der Waals surface area contributed by atoms with Crippen LogP contribution in [0.3, 0.4) is 0 Å². The molecule has 0 unspecified atom stereocenters. The number of hydrogen-bond acceptors (Lipinski definition) is 6. The van der Waals surface area contributed by atoms with E-state index in [1.807, 2.05) is 0 Å². The predicted octanol–water partition coefficient (Wildman–Crippen LogP) is 2.36. The van der Waals surface area contributed by atoms with Crippen molar-refractivity contribution in [2.24, 2.45) is 0 Å². The molecule has 2 aromatic rings. The summed E-state index contributed by atoms with van der Waals surface area (Å²) in [7, 11) is -3.71. The molecule has 1 aromatic heterocycles. The van der Waals surface area contributed by atoms with E-state index in [4.69, 9.17) is 0 Å². The van der Waals surface area contributed by atoms with Crippen molar-refractivity contribution in [3.8, 4) is 0 Å². The first kappa shape index (κ1) is 21.6. The number of carbonyl (C=O) groups excluding carboxylic acids is 1. The van der Waals surface area contributed by atoms with Crippen LogP contribution in [0.2, 0.25) is 0 Å². The summed E-state index contributed by atoms with van der Waals surface area (Å²) in [5, 5.41) is 0. The number of aryl methyl sites for hydroxylation is 1. The van der Waals surface area contributed by atoms with Gasteiger partial charge in [0.15, 0.2) is 0 Å². The highest BCUT2D eigenvalue weighted by Crippen LogP contribution is 2.26. The summed E-state index contributed by atoms with van der Waals surface area (Å²) in [5.74, 6) is 0.229. The topological polar surface area (TPSA) is 86.7 Å². The molecule has 3 heterocycles. The minimum Gasteiger partial charge on any atom is -0.338 e. The second kappa shape index (κ2) is 8.46. The van der Waals surface area contributed by atoms with Gasteiger partial charge >= 0.3 is 0 Å². The molecule has 0 aliphatic carbocycles. The highest BCUT2D eigenvalue weighted by molar-refractivity contribution is 7.89. The molecule has 0 atom stereocenters. The number of aromatic nitrogens is 2. The molecule has 0 spiro atoms. The molecule has 1 aromatic carbocycles. The van der Waals surface area contributed by atoms with Crippen molar-refractivity contribution in [3.63, 3.8) is 0 Å². The van der Waals surface area contributed by atoms with Crippen LogP contribution in [0.5, 0.6) is 0 Å². The lowest BCUT2D eigenvalue weighted by molar-refractivity contribution is -0.117. The van der Waals surface area contributed by atoms with Gasteiger partial charge in [-0.15, -0.1) is 0 Å². The van der Waals surface area contributed by atoms with Crippen LogP contribution in [0, 0.1) is 6.92 Å². The van der Waals surface area contributed by atoms with Crippen molar-refractivity contribution in [2.45, 2.75) is 31.1 Å². The number of halogens is 2. The van der Waals surface area contributed by atoms with Crippen LogP contribution in [0.1, 0.15) is 30.7 Å². The van der Waals surface area contributed by atoms with E-state index < -0.39 is 16.4 Å². The minimum atomic E-state index is -3.71. The molecule has 8 nitrogen and oxygen atoms in total. The molecule has 4 rings (SSSR count).